The second-order valence-corrected chi connectivity index (χ2v) is 9.09. The molecule has 5 heteroatoms. The highest BCUT2D eigenvalue weighted by atomic mass is 16.7. The van der Waals surface area contributed by atoms with Gasteiger partial charge in [0, 0.05) is 36.0 Å². The lowest BCUT2D eigenvalue weighted by Gasteiger charge is -2.32. The minimum Gasteiger partial charge on any atom is -0.405 e. The molecule has 3 aromatic rings. The number of fused-ring (bicyclic) bond motifs is 1. The van der Waals surface area contributed by atoms with E-state index in [1.54, 1.807) is 0 Å². The van der Waals surface area contributed by atoms with Gasteiger partial charge in [-0.15, -0.1) is 5.06 Å². The van der Waals surface area contributed by atoms with Crippen molar-refractivity contribution in [1.82, 2.24) is 9.96 Å². The van der Waals surface area contributed by atoms with Crippen molar-refractivity contribution < 1.29 is 9.63 Å². The Kier molecular flexibility index (Phi) is 6.70. The van der Waals surface area contributed by atoms with E-state index in [2.05, 4.69) is 51.7 Å². The molecule has 0 bridgehead atoms. The quantitative estimate of drug-likeness (QED) is 0.537. The number of rotatable bonds is 7. The number of hydrogen-bond acceptors (Lipinski definition) is 4. The first-order valence-corrected chi connectivity index (χ1v) is 11.9. The lowest BCUT2D eigenvalue weighted by atomic mass is 9.93. The van der Waals surface area contributed by atoms with Crippen molar-refractivity contribution in [3.05, 3.63) is 95.6 Å². The molecule has 2 heterocycles. The Morgan fingerprint density at radius 2 is 1.67 bits per heavy atom. The molecule has 0 unspecified atom stereocenters. The van der Waals surface area contributed by atoms with E-state index in [9.17, 15) is 4.79 Å². The molecule has 5 nitrogen and oxygen atoms in total. The number of carbonyl (C=O) groups excluding carboxylic acids is 1. The average Bonchev–Trinajstić information content (AvgIpc) is 3.27. The zero-order valence-electron chi connectivity index (χ0n) is 19.0. The maximum Gasteiger partial charge on any atom is 0.255 e. The Balaban J connectivity index is 1.07. The third kappa shape index (κ3) is 5.62. The number of hydroxylamine groups is 2. The second-order valence-electron chi connectivity index (χ2n) is 9.09. The van der Waals surface area contributed by atoms with Crippen LogP contribution in [-0.4, -0.2) is 35.5 Å². The fourth-order valence-electron chi connectivity index (χ4n) is 4.73. The molecule has 1 N–H and O–H groups in total. The van der Waals surface area contributed by atoms with E-state index in [0.717, 1.165) is 43.4 Å². The molecule has 2 aliphatic heterocycles. The van der Waals surface area contributed by atoms with Crippen LogP contribution < -0.4 is 10.2 Å². The molecule has 1 saturated heterocycles. The van der Waals surface area contributed by atoms with Crippen LogP contribution in [0.5, 0.6) is 5.75 Å². The molecule has 1 amide bonds. The van der Waals surface area contributed by atoms with Crippen LogP contribution in [0.1, 0.15) is 40.7 Å². The molecule has 170 valence electrons. The summed E-state index contributed by atoms with van der Waals surface area (Å²) in [6, 6.07) is 26.0. The summed E-state index contributed by atoms with van der Waals surface area (Å²) in [5, 5.41) is 5.03. The smallest absolute Gasteiger partial charge is 0.255 e. The van der Waals surface area contributed by atoms with Crippen LogP contribution in [0.15, 0.2) is 78.9 Å². The van der Waals surface area contributed by atoms with Crippen LogP contribution in [0.4, 0.5) is 5.69 Å². The van der Waals surface area contributed by atoms with Crippen molar-refractivity contribution in [2.75, 3.05) is 25.0 Å². The first-order valence-electron chi connectivity index (χ1n) is 11.9. The molecule has 0 aromatic heterocycles. The fraction of sp³-hybridized carbons (Fsp3) is 0.321. The minimum absolute atomic E-state index is 0.107. The predicted molar refractivity (Wildman–Crippen MR) is 131 cm³/mol. The standard InChI is InChI=1S/C28H31N3O2/c32-28(24-9-5-2-6-10-24)29-26-12-11-25-21-31(33-27(25)19-26)18-15-22-13-16-30(17-14-22)20-23-7-3-1-4-8-23/h1-12,19,22H,13-18,20-21H2,(H,29,32). The summed E-state index contributed by atoms with van der Waals surface area (Å²) in [5.74, 6) is 1.49. The number of anilines is 1. The molecule has 0 saturated carbocycles. The number of benzene rings is 3. The van der Waals surface area contributed by atoms with Gasteiger partial charge in [0.15, 0.2) is 5.75 Å². The number of nitrogens with one attached hydrogen (secondary N) is 1. The zero-order valence-corrected chi connectivity index (χ0v) is 19.0. The summed E-state index contributed by atoms with van der Waals surface area (Å²) in [6.07, 6.45) is 3.66. The van der Waals surface area contributed by atoms with Gasteiger partial charge < -0.3 is 10.2 Å². The first-order chi connectivity index (χ1) is 16.2. The Hall–Kier alpha value is -3.15. The fourth-order valence-corrected chi connectivity index (χ4v) is 4.73. The van der Waals surface area contributed by atoms with E-state index in [4.69, 9.17) is 4.84 Å². The number of carbonyl (C=O) groups is 1. The van der Waals surface area contributed by atoms with Gasteiger partial charge >= 0.3 is 0 Å². The van der Waals surface area contributed by atoms with Crippen LogP contribution in [0.25, 0.3) is 0 Å². The maximum absolute atomic E-state index is 12.4. The molecule has 1 fully saturated rings. The van der Waals surface area contributed by atoms with E-state index in [1.807, 2.05) is 42.5 Å². The van der Waals surface area contributed by atoms with Gasteiger partial charge in [-0.2, -0.15) is 0 Å². The molecule has 2 aliphatic rings. The number of amides is 1. The summed E-state index contributed by atoms with van der Waals surface area (Å²) in [6.45, 7) is 5.14. The largest absolute Gasteiger partial charge is 0.405 e. The van der Waals surface area contributed by atoms with Crippen LogP contribution in [0, 0.1) is 5.92 Å². The highest BCUT2D eigenvalue weighted by Gasteiger charge is 2.24. The van der Waals surface area contributed by atoms with Crippen LogP contribution >= 0.6 is 0 Å². The molecular weight excluding hydrogens is 410 g/mol. The number of nitrogens with zero attached hydrogens (tertiary/aromatic N) is 2. The van der Waals surface area contributed by atoms with Gasteiger partial charge in [-0.05, 0) is 62.0 Å². The van der Waals surface area contributed by atoms with Crippen LogP contribution in [0.3, 0.4) is 0 Å². The van der Waals surface area contributed by atoms with Crippen molar-refractivity contribution in [1.29, 1.82) is 0 Å². The van der Waals surface area contributed by atoms with Crippen LogP contribution in [0.2, 0.25) is 0 Å². The maximum atomic E-state index is 12.4. The van der Waals surface area contributed by atoms with Gasteiger partial charge in [-0.3, -0.25) is 9.69 Å². The highest BCUT2D eigenvalue weighted by molar-refractivity contribution is 6.04. The molecule has 0 aliphatic carbocycles. The van der Waals surface area contributed by atoms with Crippen LogP contribution in [-0.2, 0) is 13.1 Å². The SMILES string of the molecule is O=C(Nc1ccc2c(c1)ON(CCC1CCN(Cc3ccccc3)CC1)C2)c1ccccc1. The van der Waals surface area contributed by atoms with E-state index in [1.165, 1.54) is 37.1 Å². The lowest BCUT2D eigenvalue weighted by Crippen LogP contribution is -2.34. The monoisotopic (exact) mass is 441 g/mol. The topological polar surface area (TPSA) is 44.8 Å². The molecule has 33 heavy (non-hydrogen) atoms. The highest BCUT2D eigenvalue weighted by Crippen LogP contribution is 2.32. The van der Waals surface area contributed by atoms with Crippen molar-refractivity contribution in [2.24, 2.45) is 5.92 Å². The predicted octanol–water partition coefficient (Wildman–Crippen LogP) is 5.35. The Morgan fingerprint density at radius 1 is 0.939 bits per heavy atom. The normalized spacial score (nSPS) is 16.8. The summed E-state index contributed by atoms with van der Waals surface area (Å²) in [7, 11) is 0. The Morgan fingerprint density at radius 3 is 2.42 bits per heavy atom. The molecule has 3 aromatic carbocycles. The van der Waals surface area contributed by atoms with E-state index in [0.29, 0.717) is 5.56 Å². The van der Waals surface area contributed by atoms with E-state index >= 15 is 0 Å². The summed E-state index contributed by atoms with van der Waals surface area (Å²) < 4.78 is 0. The Bertz CT molecular complexity index is 1060. The molecule has 0 spiro atoms. The zero-order chi connectivity index (χ0) is 22.5. The van der Waals surface area contributed by atoms with Gasteiger partial charge in [0.2, 0.25) is 0 Å². The minimum atomic E-state index is -0.107. The van der Waals surface area contributed by atoms with Gasteiger partial charge in [0.05, 0.1) is 6.54 Å². The van der Waals surface area contributed by atoms with Crippen molar-refractivity contribution >= 4 is 11.6 Å². The lowest BCUT2D eigenvalue weighted by molar-refractivity contribution is -0.0482. The molecule has 0 radical (unpaired) electrons. The molecular formula is C28H31N3O2. The summed E-state index contributed by atoms with van der Waals surface area (Å²) in [4.78, 5) is 21.1. The summed E-state index contributed by atoms with van der Waals surface area (Å²) in [5.41, 5.74) is 3.98. The number of likely N-dealkylation sites (tertiary alicyclic amines) is 1. The number of piperidine rings is 1. The average molecular weight is 442 g/mol. The number of hydrogen-bond donors (Lipinski definition) is 1. The third-order valence-electron chi connectivity index (χ3n) is 6.68. The van der Waals surface area contributed by atoms with E-state index < -0.39 is 0 Å². The molecule has 0 atom stereocenters. The first kappa shape index (κ1) is 21.7. The summed E-state index contributed by atoms with van der Waals surface area (Å²) >= 11 is 0. The van der Waals surface area contributed by atoms with Gasteiger partial charge in [0.25, 0.3) is 5.91 Å². The molecule has 5 rings (SSSR count). The van der Waals surface area contributed by atoms with Gasteiger partial charge in [-0.25, -0.2) is 0 Å². The Labute approximate surface area is 195 Å². The van der Waals surface area contributed by atoms with Crippen molar-refractivity contribution in [3.63, 3.8) is 0 Å². The van der Waals surface area contributed by atoms with Gasteiger partial charge in [-0.1, -0.05) is 54.6 Å². The van der Waals surface area contributed by atoms with Gasteiger partial charge in [0.1, 0.15) is 0 Å². The van der Waals surface area contributed by atoms with Crippen molar-refractivity contribution in [3.8, 4) is 5.75 Å². The second kappa shape index (κ2) is 10.2. The van der Waals surface area contributed by atoms with Crippen molar-refractivity contribution in [2.45, 2.75) is 32.4 Å². The third-order valence-corrected chi connectivity index (χ3v) is 6.68. The van der Waals surface area contributed by atoms with E-state index in [-0.39, 0.29) is 5.91 Å².